The van der Waals surface area contributed by atoms with Gasteiger partial charge >= 0.3 is 5.97 Å². The van der Waals surface area contributed by atoms with Crippen LogP contribution in [0.3, 0.4) is 0 Å². The number of hydrogen-bond donors (Lipinski definition) is 1. The molecule has 0 spiro atoms. The third-order valence-electron chi connectivity index (χ3n) is 6.08. The van der Waals surface area contributed by atoms with E-state index in [0.717, 1.165) is 38.7 Å². The van der Waals surface area contributed by atoms with Gasteiger partial charge < -0.3 is 9.67 Å². The Morgan fingerprint density at radius 1 is 0.879 bits per heavy atom. The Balaban J connectivity index is 1.80. The summed E-state index contributed by atoms with van der Waals surface area (Å²) in [6.07, 6.45) is 0. The summed E-state index contributed by atoms with van der Waals surface area (Å²) in [4.78, 5) is 24.9. The number of nitrogens with zero attached hydrogens (tertiary/aromatic N) is 3. The van der Waals surface area contributed by atoms with Crippen LogP contribution in [-0.2, 0) is 17.9 Å². The van der Waals surface area contributed by atoms with Gasteiger partial charge in [-0.2, -0.15) is 5.10 Å². The second-order valence-electron chi connectivity index (χ2n) is 8.30. The fraction of sp³-hybridized carbons (Fsp3) is 0.148. The van der Waals surface area contributed by atoms with E-state index in [4.69, 9.17) is 5.10 Å². The molecule has 0 unspecified atom stereocenters. The van der Waals surface area contributed by atoms with Gasteiger partial charge in [0.25, 0.3) is 5.56 Å². The summed E-state index contributed by atoms with van der Waals surface area (Å²) >= 11 is 0. The molecule has 5 aromatic rings. The average molecular weight is 437 g/mol. The van der Waals surface area contributed by atoms with Crippen LogP contribution < -0.4 is 5.56 Å². The van der Waals surface area contributed by atoms with Crippen LogP contribution in [-0.4, -0.2) is 25.4 Å². The number of fused-ring (bicyclic) bond motifs is 2. The molecule has 3 aromatic carbocycles. The number of carboxylic acid groups (broad SMARTS) is 1. The molecule has 0 saturated heterocycles. The molecule has 5 rings (SSSR count). The van der Waals surface area contributed by atoms with Gasteiger partial charge in [-0.3, -0.25) is 9.59 Å². The minimum atomic E-state index is -0.910. The first-order valence-corrected chi connectivity index (χ1v) is 10.8. The molecular formula is C27H23N3O3. The largest absolute Gasteiger partial charge is 0.480 e. The van der Waals surface area contributed by atoms with E-state index in [-0.39, 0.29) is 12.1 Å². The maximum absolute atomic E-state index is 13.3. The SMILES string of the molecule is Cc1ccc(Cn2nc(-c3c(C)n(CC(=O)O)c4ccccc34)c3ccccc3c2=O)cc1. The van der Waals surface area contributed by atoms with Gasteiger partial charge in [-0.1, -0.05) is 66.2 Å². The van der Waals surface area contributed by atoms with Crippen molar-refractivity contribution in [2.24, 2.45) is 0 Å². The van der Waals surface area contributed by atoms with E-state index >= 15 is 0 Å². The van der Waals surface area contributed by atoms with Gasteiger partial charge in [-0.15, -0.1) is 0 Å². The third kappa shape index (κ3) is 3.59. The molecule has 0 saturated carbocycles. The highest BCUT2D eigenvalue weighted by atomic mass is 16.4. The van der Waals surface area contributed by atoms with Crippen LogP contribution in [0, 0.1) is 13.8 Å². The quantitative estimate of drug-likeness (QED) is 0.430. The van der Waals surface area contributed by atoms with E-state index in [1.807, 2.05) is 86.6 Å². The van der Waals surface area contributed by atoms with Crippen molar-refractivity contribution in [3.05, 3.63) is 100.0 Å². The number of aromatic nitrogens is 3. The number of aryl methyl sites for hydroxylation is 1. The Bertz CT molecular complexity index is 1580. The fourth-order valence-corrected chi connectivity index (χ4v) is 4.46. The van der Waals surface area contributed by atoms with Gasteiger partial charge in [0.1, 0.15) is 12.2 Å². The normalized spacial score (nSPS) is 11.3. The lowest BCUT2D eigenvalue weighted by Crippen LogP contribution is -2.24. The van der Waals surface area contributed by atoms with E-state index < -0.39 is 5.97 Å². The molecule has 0 bridgehead atoms. The molecule has 2 heterocycles. The maximum atomic E-state index is 13.3. The molecule has 0 aliphatic carbocycles. The summed E-state index contributed by atoms with van der Waals surface area (Å²) in [5.74, 6) is -0.910. The maximum Gasteiger partial charge on any atom is 0.323 e. The zero-order valence-corrected chi connectivity index (χ0v) is 18.4. The van der Waals surface area contributed by atoms with Gasteiger partial charge in [0.05, 0.1) is 11.9 Å². The summed E-state index contributed by atoms with van der Waals surface area (Å²) in [7, 11) is 0. The summed E-state index contributed by atoms with van der Waals surface area (Å²) in [5.41, 5.74) is 5.14. The topological polar surface area (TPSA) is 77.1 Å². The van der Waals surface area contributed by atoms with Gasteiger partial charge in [0.2, 0.25) is 0 Å². The van der Waals surface area contributed by atoms with Crippen molar-refractivity contribution in [2.45, 2.75) is 26.9 Å². The lowest BCUT2D eigenvalue weighted by atomic mass is 10.0. The van der Waals surface area contributed by atoms with E-state index in [1.165, 1.54) is 4.68 Å². The highest BCUT2D eigenvalue weighted by Crippen LogP contribution is 2.36. The summed E-state index contributed by atoms with van der Waals surface area (Å²) in [5, 5.41) is 16.6. The molecule has 0 aliphatic heterocycles. The number of carbonyl (C=O) groups is 1. The van der Waals surface area contributed by atoms with Crippen molar-refractivity contribution < 1.29 is 9.90 Å². The zero-order valence-electron chi connectivity index (χ0n) is 18.4. The summed E-state index contributed by atoms with van der Waals surface area (Å²) < 4.78 is 3.30. The number of benzene rings is 3. The number of para-hydroxylation sites is 1. The van der Waals surface area contributed by atoms with Crippen molar-refractivity contribution >= 4 is 27.6 Å². The minimum absolute atomic E-state index is 0.146. The summed E-state index contributed by atoms with van der Waals surface area (Å²) in [6, 6.07) is 23.2. The van der Waals surface area contributed by atoms with Crippen LogP contribution in [0.4, 0.5) is 0 Å². The molecule has 0 amide bonds. The standard InChI is InChI=1S/C27H23N3O3/c1-17-11-13-19(14-12-17)15-30-27(33)21-8-4-3-7-20(21)26(28-30)25-18(2)29(16-24(31)32)23-10-6-5-9-22(23)25/h3-14H,15-16H2,1-2H3,(H,31,32). The fourth-order valence-electron chi connectivity index (χ4n) is 4.46. The van der Waals surface area contributed by atoms with Crippen LogP contribution in [0.5, 0.6) is 0 Å². The van der Waals surface area contributed by atoms with Crippen LogP contribution in [0.25, 0.3) is 32.9 Å². The Hall–Kier alpha value is -4.19. The molecule has 0 atom stereocenters. The second kappa shape index (κ2) is 8.06. The summed E-state index contributed by atoms with van der Waals surface area (Å²) in [6.45, 7) is 4.14. The van der Waals surface area contributed by atoms with E-state index in [9.17, 15) is 14.7 Å². The Morgan fingerprint density at radius 3 is 2.21 bits per heavy atom. The molecule has 33 heavy (non-hydrogen) atoms. The van der Waals surface area contributed by atoms with Crippen molar-refractivity contribution in [1.82, 2.24) is 14.3 Å². The second-order valence-corrected chi connectivity index (χ2v) is 8.30. The molecule has 0 aliphatic rings. The molecule has 0 fully saturated rings. The van der Waals surface area contributed by atoms with Crippen LogP contribution in [0.15, 0.2) is 77.6 Å². The van der Waals surface area contributed by atoms with E-state index in [0.29, 0.717) is 17.6 Å². The molecule has 164 valence electrons. The molecular weight excluding hydrogens is 414 g/mol. The third-order valence-corrected chi connectivity index (χ3v) is 6.08. The molecule has 0 radical (unpaired) electrons. The van der Waals surface area contributed by atoms with Crippen molar-refractivity contribution in [3.63, 3.8) is 0 Å². The first-order valence-electron chi connectivity index (χ1n) is 10.8. The van der Waals surface area contributed by atoms with E-state index in [1.54, 1.807) is 4.57 Å². The van der Waals surface area contributed by atoms with Crippen molar-refractivity contribution in [3.8, 4) is 11.3 Å². The molecule has 2 aromatic heterocycles. The Kier molecular flexibility index (Phi) is 5.05. The molecule has 6 heteroatoms. The van der Waals surface area contributed by atoms with Crippen LogP contribution in [0.1, 0.15) is 16.8 Å². The van der Waals surface area contributed by atoms with Crippen molar-refractivity contribution in [1.29, 1.82) is 0 Å². The number of hydrogen-bond acceptors (Lipinski definition) is 3. The predicted octanol–water partition coefficient (Wildman–Crippen LogP) is 4.77. The first kappa shape index (κ1) is 20.7. The number of aliphatic carboxylic acids is 1. The predicted molar refractivity (Wildman–Crippen MR) is 130 cm³/mol. The highest BCUT2D eigenvalue weighted by Gasteiger charge is 2.21. The Labute approximate surface area is 190 Å². The molecule has 1 N–H and O–H groups in total. The number of carboxylic acids is 1. The lowest BCUT2D eigenvalue weighted by molar-refractivity contribution is -0.137. The first-order chi connectivity index (χ1) is 15.9. The van der Waals surface area contributed by atoms with Gasteiger partial charge in [-0.05, 0) is 31.5 Å². The van der Waals surface area contributed by atoms with Crippen LogP contribution >= 0.6 is 0 Å². The zero-order chi connectivity index (χ0) is 23.1. The van der Waals surface area contributed by atoms with E-state index in [2.05, 4.69) is 0 Å². The molecule has 6 nitrogen and oxygen atoms in total. The van der Waals surface area contributed by atoms with Gasteiger partial charge in [0, 0.05) is 27.5 Å². The van der Waals surface area contributed by atoms with Crippen LogP contribution in [0.2, 0.25) is 0 Å². The minimum Gasteiger partial charge on any atom is -0.480 e. The lowest BCUT2D eigenvalue weighted by Gasteiger charge is -2.12. The van der Waals surface area contributed by atoms with Gasteiger partial charge in [0.15, 0.2) is 0 Å². The van der Waals surface area contributed by atoms with Gasteiger partial charge in [-0.25, -0.2) is 4.68 Å². The highest BCUT2D eigenvalue weighted by molar-refractivity contribution is 6.05. The number of rotatable bonds is 5. The smallest absolute Gasteiger partial charge is 0.323 e. The monoisotopic (exact) mass is 437 g/mol. The average Bonchev–Trinajstić information content (AvgIpc) is 3.08. The van der Waals surface area contributed by atoms with Crippen molar-refractivity contribution in [2.75, 3.05) is 0 Å². The Morgan fingerprint density at radius 2 is 1.52 bits per heavy atom.